The Hall–Kier alpha value is -2.13. The molecule has 1 saturated heterocycles. The molecule has 1 fully saturated rings. The summed E-state index contributed by atoms with van der Waals surface area (Å²) in [6, 6.07) is 16.6. The van der Waals surface area contributed by atoms with Crippen molar-refractivity contribution < 1.29 is 19.7 Å². The molecule has 0 radical (unpaired) electrons. The van der Waals surface area contributed by atoms with Gasteiger partial charge in [0.15, 0.2) is 0 Å². The van der Waals surface area contributed by atoms with Crippen LogP contribution in [0.4, 0.5) is 10.5 Å². The number of nitrogens with zero attached hydrogens (tertiary/aromatic N) is 2. The SMILES string of the molecule is Brc1ccccc1.COc1ccc(NC(=O)N(C)CC(O)C(O)CN2CCC2)cc1. The molecule has 0 spiro atoms. The van der Waals surface area contributed by atoms with Gasteiger partial charge in [0, 0.05) is 23.8 Å². The lowest BCUT2D eigenvalue weighted by molar-refractivity contribution is -0.0210. The van der Waals surface area contributed by atoms with E-state index in [4.69, 9.17) is 4.74 Å². The number of carbonyl (C=O) groups excluding carboxylic acids is 1. The number of halogens is 1. The molecule has 8 heteroatoms. The fourth-order valence-electron chi connectivity index (χ4n) is 2.74. The van der Waals surface area contributed by atoms with Crippen molar-refractivity contribution in [2.45, 2.75) is 18.6 Å². The van der Waals surface area contributed by atoms with Crippen molar-refractivity contribution in [3.63, 3.8) is 0 Å². The summed E-state index contributed by atoms with van der Waals surface area (Å²) in [5, 5.41) is 22.7. The summed E-state index contributed by atoms with van der Waals surface area (Å²) < 4.78 is 6.19. The standard InChI is InChI=1S/C16H25N3O4.C6H5Br/c1-18(10-14(20)15(21)11-19-8-3-9-19)16(22)17-12-4-6-13(23-2)7-5-12;7-6-4-2-1-3-5-6/h4-7,14-15,20-21H,3,8-11H2,1-2H3,(H,17,22);1-5H. The zero-order valence-corrected chi connectivity index (χ0v) is 19.0. The molecular formula is C22H30BrN3O4. The quantitative estimate of drug-likeness (QED) is 0.568. The lowest BCUT2D eigenvalue weighted by atomic mass is 10.1. The number of β-amino-alcohol motifs (C(OH)–C–C–N with tert-alkyl or cyclic N) is 1. The molecule has 2 atom stereocenters. The third-order valence-electron chi connectivity index (χ3n) is 4.72. The number of rotatable bonds is 7. The summed E-state index contributed by atoms with van der Waals surface area (Å²) in [5.74, 6) is 0.709. The number of urea groups is 1. The molecule has 7 nitrogen and oxygen atoms in total. The molecule has 2 aromatic rings. The summed E-state index contributed by atoms with van der Waals surface area (Å²) in [6.07, 6.45) is -0.693. The second kappa shape index (κ2) is 12.5. The van der Waals surface area contributed by atoms with Gasteiger partial charge in [-0.1, -0.05) is 34.1 Å². The van der Waals surface area contributed by atoms with Crippen LogP contribution >= 0.6 is 15.9 Å². The number of aliphatic hydroxyl groups is 2. The molecule has 2 aromatic carbocycles. The predicted octanol–water partition coefficient (Wildman–Crippen LogP) is 3.04. The molecule has 1 aliphatic rings. The van der Waals surface area contributed by atoms with E-state index >= 15 is 0 Å². The van der Waals surface area contributed by atoms with E-state index < -0.39 is 12.2 Å². The molecule has 0 bridgehead atoms. The number of hydrogen-bond acceptors (Lipinski definition) is 5. The molecule has 3 N–H and O–H groups in total. The molecular weight excluding hydrogens is 450 g/mol. The van der Waals surface area contributed by atoms with Gasteiger partial charge in [0.1, 0.15) is 5.75 Å². The summed E-state index contributed by atoms with van der Waals surface area (Å²) in [6.45, 7) is 2.42. The zero-order chi connectivity index (χ0) is 21.9. The minimum absolute atomic E-state index is 0.0665. The highest BCUT2D eigenvalue weighted by Gasteiger charge is 2.25. The smallest absolute Gasteiger partial charge is 0.321 e. The first-order chi connectivity index (χ1) is 14.4. The Bertz CT molecular complexity index is 757. The second-order valence-electron chi connectivity index (χ2n) is 7.12. The Labute approximate surface area is 186 Å². The summed E-state index contributed by atoms with van der Waals surface area (Å²) >= 11 is 3.31. The third kappa shape index (κ3) is 8.31. The van der Waals surface area contributed by atoms with Gasteiger partial charge in [0.2, 0.25) is 0 Å². The van der Waals surface area contributed by atoms with E-state index in [2.05, 4.69) is 26.1 Å². The molecule has 164 valence electrons. The van der Waals surface area contributed by atoms with E-state index in [0.29, 0.717) is 18.0 Å². The van der Waals surface area contributed by atoms with E-state index in [9.17, 15) is 15.0 Å². The molecule has 2 amide bonds. The van der Waals surface area contributed by atoms with Crippen molar-refractivity contribution in [2.75, 3.05) is 45.7 Å². The van der Waals surface area contributed by atoms with Gasteiger partial charge in [-0.2, -0.15) is 0 Å². The number of ether oxygens (including phenoxy) is 1. The van der Waals surface area contributed by atoms with Gasteiger partial charge in [0.25, 0.3) is 0 Å². The molecule has 0 aliphatic carbocycles. The lowest BCUT2D eigenvalue weighted by Gasteiger charge is -2.34. The van der Waals surface area contributed by atoms with Crippen LogP contribution in [-0.4, -0.2) is 78.6 Å². The van der Waals surface area contributed by atoms with Crippen LogP contribution in [-0.2, 0) is 0 Å². The van der Waals surface area contributed by atoms with E-state index in [1.807, 2.05) is 30.3 Å². The van der Waals surface area contributed by atoms with Crippen LogP contribution in [0.2, 0.25) is 0 Å². The van der Waals surface area contributed by atoms with Crippen molar-refractivity contribution >= 4 is 27.6 Å². The van der Waals surface area contributed by atoms with Gasteiger partial charge in [-0.3, -0.25) is 0 Å². The fourth-order valence-corrected chi connectivity index (χ4v) is 3.05. The number of anilines is 1. The molecule has 30 heavy (non-hydrogen) atoms. The van der Waals surface area contributed by atoms with E-state index in [0.717, 1.165) is 24.0 Å². The number of likely N-dealkylation sites (N-methyl/N-ethyl adjacent to an activating group) is 1. The minimum Gasteiger partial charge on any atom is -0.497 e. The first-order valence-electron chi connectivity index (χ1n) is 9.84. The van der Waals surface area contributed by atoms with Gasteiger partial charge in [-0.15, -0.1) is 0 Å². The molecule has 0 saturated carbocycles. The van der Waals surface area contributed by atoms with Crippen LogP contribution in [0.15, 0.2) is 59.1 Å². The van der Waals surface area contributed by atoms with Crippen LogP contribution < -0.4 is 10.1 Å². The van der Waals surface area contributed by atoms with Gasteiger partial charge < -0.3 is 30.1 Å². The van der Waals surface area contributed by atoms with Gasteiger partial charge in [-0.05, 0) is 55.9 Å². The molecule has 3 rings (SSSR count). The van der Waals surface area contributed by atoms with Gasteiger partial charge >= 0.3 is 6.03 Å². The van der Waals surface area contributed by atoms with Crippen molar-refractivity contribution in [3.05, 3.63) is 59.1 Å². The van der Waals surface area contributed by atoms with Crippen LogP contribution in [0.5, 0.6) is 5.75 Å². The van der Waals surface area contributed by atoms with E-state index in [-0.39, 0.29) is 12.6 Å². The number of likely N-dealkylation sites (tertiary alicyclic amines) is 1. The maximum Gasteiger partial charge on any atom is 0.321 e. The molecule has 1 heterocycles. The van der Waals surface area contributed by atoms with Crippen molar-refractivity contribution in [3.8, 4) is 5.75 Å². The average molecular weight is 480 g/mol. The number of aliphatic hydroxyl groups excluding tert-OH is 2. The Kier molecular flexibility index (Phi) is 10.1. The van der Waals surface area contributed by atoms with Gasteiger partial charge in [0.05, 0.1) is 25.9 Å². The van der Waals surface area contributed by atoms with Crippen molar-refractivity contribution in [1.29, 1.82) is 0 Å². The Morgan fingerprint density at radius 1 is 1.13 bits per heavy atom. The monoisotopic (exact) mass is 479 g/mol. The summed E-state index contributed by atoms with van der Waals surface area (Å²) in [4.78, 5) is 15.5. The highest BCUT2D eigenvalue weighted by Crippen LogP contribution is 2.15. The summed E-state index contributed by atoms with van der Waals surface area (Å²) in [7, 11) is 3.16. The van der Waals surface area contributed by atoms with Crippen molar-refractivity contribution in [1.82, 2.24) is 9.80 Å². The van der Waals surface area contributed by atoms with E-state index in [1.54, 1.807) is 38.4 Å². The largest absolute Gasteiger partial charge is 0.497 e. The maximum absolute atomic E-state index is 12.1. The van der Waals surface area contributed by atoms with Crippen LogP contribution in [0.3, 0.4) is 0 Å². The third-order valence-corrected chi connectivity index (χ3v) is 5.25. The number of carbonyl (C=O) groups is 1. The topological polar surface area (TPSA) is 85.3 Å². The Morgan fingerprint density at radius 2 is 1.77 bits per heavy atom. The lowest BCUT2D eigenvalue weighted by Crippen LogP contribution is -2.49. The van der Waals surface area contributed by atoms with Crippen LogP contribution in [0, 0.1) is 0 Å². The number of nitrogens with one attached hydrogen (secondary N) is 1. The highest BCUT2D eigenvalue weighted by atomic mass is 79.9. The zero-order valence-electron chi connectivity index (χ0n) is 17.4. The Balaban J connectivity index is 0.000000386. The average Bonchev–Trinajstić information content (AvgIpc) is 2.72. The first-order valence-corrected chi connectivity index (χ1v) is 10.6. The van der Waals surface area contributed by atoms with Crippen LogP contribution in [0.1, 0.15) is 6.42 Å². The second-order valence-corrected chi connectivity index (χ2v) is 8.04. The highest BCUT2D eigenvalue weighted by molar-refractivity contribution is 9.10. The van der Waals surface area contributed by atoms with Crippen LogP contribution in [0.25, 0.3) is 0 Å². The van der Waals surface area contributed by atoms with Crippen molar-refractivity contribution in [2.24, 2.45) is 0 Å². The normalized spacial score (nSPS) is 15.1. The van der Waals surface area contributed by atoms with E-state index in [1.165, 1.54) is 4.90 Å². The Morgan fingerprint density at radius 3 is 2.23 bits per heavy atom. The molecule has 1 aliphatic heterocycles. The number of amides is 2. The molecule has 2 unspecified atom stereocenters. The maximum atomic E-state index is 12.1. The van der Waals surface area contributed by atoms with Gasteiger partial charge in [-0.25, -0.2) is 4.79 Å². The predicted molar refractivity (Wildman–Crippen MR) is 122 cm³/mol. The number of hydrogen-bond donors (Lipinski definition) is 3. The molecule has 0 aromatic heterocycles. The number of benzene rings is 2. The number of methoxy groups -OCH3 is 1. The summed E-state index contributed by atoms with van der Waals surface area (Å²) in [5.41, 5.74) is 0.637. The minimum atomic E-state index is -0.970. The fraction of sp³-hybridized carbons (Fsp3) is 0.409. The first kappa shape index (κ1) is 24.1.